The van der Waals surface area contributed by atoms with Crippen molar-refractivity contribution in [3.05, 3.63) is 0 Å². The van der Waals surface area contributed by atoms with Crippen molar-refractivity contribution in [2.24, 2.45) is 5.92 Å². The van der Waals surface area contributed by atoms with Crippen molar-refractivity contribution in [3.63, 3.8) is 0 Å². The molecule has 0 saturated heterocycles. The van der Waals surface area contributed by atoms with Gasteiger partial charge in [0.25, 0.3) is 0 Å². The molecule has 0 aromatic carbocycles. The number of hydrogen-bond donors (Lipinski definition) is 1. The van der Waals surface area contributed by atoms with E-state index in [0.717, 1.165) is 5.88 Å². The summed E-state index contributed by atoms with van der Waals surface area (Å²) in [6, 6.07) is 0. The molecular formula is C9H19ClO2. The molecule has 74 valence electrons. The highest BCUT2D eigenvalue weighted by Gasteiger charge is 1.99. The fraction of sp³-hybridized carbons (Fsp3) is 0.889. The molecule has 2 nitrogen and oxygen atoms in total. The van der Waals surface area contributed by atoms with E-state index in [1.807, 2.05) is 0 Å². The summed E-state index contributed by atoms with van der Waals surface area (Å²) in [5, 5.41) is 7.99. The summed E-state index contributed by atoms with van der Waals surface area (Å²) in [4.78, 5) is 9.70. The molecule has 0 aliphatic carbocycles. The zero-order valence-electron chi connectivity index (χ0n) is 8.14. The molecule has 12 heavy (non-hydrogen) atoms. The first-order valence-corrected chi connectivity index (χ1v) is 4.88. The summed E-state index contributed by atoms with van der Waals surface area (Å²) in [5.74, 6) is -0.145. The number of unbranched alkanes of at least 4 members (excludes halogenated alkanes) is 2. The lowest BCUT2D eigenvalue weighted by atomic mass is 10.2. The van der Waals surface area contributed by atoms with Crippen LogP contribution in [0.4, 0.5) is 0 Å². The number of carboxylic acid groups (broad SMARTS) is 1. The first-order chi connectivity index (χ1) is 5.56. The minimum Gasteiger partial charge on any atom is -0.481 e. The summed E-state index contributed by atoms with van der Waals surface area (Å²) in [6.45, 7) is 5.46. The van der Waals surface area contributed by atoms with E-state index in [1.165, 1.54) is 19.3 Å². The van der Waals surface area contributed by atoms with E-state index < -0.39 is 5.97 Å². The van der Waals surface area contributed by atoms with Gasteiger partial charge in [0.2, 0.25) is 0 Å². The van der Waals surface area contributed by atoms with Crippen molar-refractivity contribution >= 4 is 17.6 Å². The van der Waals surface area contributed by atoms with Crippen LogP contribution in [0.5, 0.6) is 0 Å². The first-order valence-electron chi connectivity index (χ1n) is 4.35. The van der Waals surface area contributed by atoms with Crippen molar-refractivity contribution in [1.82, 2.24) is 0 Å². The van der Waals surface area contributed by atoms with Gasteiger partial charge in [0, 0.05) is 5.88 Å². The number of rotatable bonds is 4. The van der Waals surface area contributed by atoms with Crippen molar-refractivity contribution in [2.45, 2.75) is 40.0 Å². The van der Waals surface area contributed by atoms with Gasteiger partial charge in [-0.15, -0.1) is 11.6 Å². The van der Waals surface area contributed by atoms with Gasteiger partial charge in [-0.3, -0.25) is 4.79 Å². The van der Waals surface area contributed by atoms with Gasteiger partial charge in [-0.25, -0.2) is 0 Å². The molecule has 0 aromatic heterocycles. The predicted octanol–water partition coefficient (Wildman–Crippen LogP) is 3.14. The van der Waals surface area contributed by atoms with Crippen LogP contribution in [-0.4, -0.2) is 17.0 Å². The minimum absolute atomic E-state index is 0.231. The number of carboxylic acids is 1. The van der Waals surface area contributed by atoms with Crippen LogP contribution in [0.25, 0.3) is 0 Å². The van der Waals surface area contributed by atoms with Gasteiger partial charge in [-0.1, -0.05) is 33.6 Å². The Labute approximate surface area is 79.9 Å². The molecule has 0 fully saturated rings. The average molecular weight is 195 g/mol. The summed E-state index contributed by atoms with van der Waals surface area (Å²) >= 11 is 5.38. The van der Waals surface area contributed by atoms with Crippen LogP contribution < -0.4 is 0 Å². The maximum absolute atomic E-state index is 9.70. The molecule has 0 bridgehead atoms. The molecule has 0 amide bonds. The van der Waals surface area contributed by atoms with Crippen LogP contribution in [0, 0.1) is 5.92 Å². The van der Waals surface area contributed by atoms with E-state index in [1.54, 1.807) is 13.8 Å². The van der Waals surface area contributed by atoms with E-state index >= 15 is 0 Å². The highest BCUT2D eigenvalue weighted by molar-refractivity contribution is 6.17. The van der Waals surface area contributed by atoms with Crippen molar-refractivity contribution < 1.29 is 9.90 Å². The smallest absolute Gasteiger partial charge is 0.305 e. The lowest BCUT2D eigenvalue weighted by Gasteiger charge is -1.89. The third kappa shape index (κ3) is 16.4. The second-order valence-electron chi connectivity index (χ2n) is 2.89. The van der Waals surface area contributed by atoms with Crippen LogP contribution >= 0.6 is 11.6 Å². The van der Waals surface area contributed by atoms with Gasteiger partial charge in [-0.2, -0.15) is 0 Å². The van der Waals surface area contributed by atoms with Crippen LogP contribution in [0.15, 0.2) is 0 Å². The summed E-state index contributed by atoms with van der Waals surface area (Å²) < 4.78 is 0. The van der Waals surface area contributed by atoms with E-state index in [0.29, 0.717) is 0 Å². The van der Waals surface area contributed by atoms with E-state index in [2.05, 4.69) is 6.92 Å². The molecule has 0 aromatic rings. The topological polar surface area (TPSA) is 37.3 Å². The Hall–Kier alpha value is -0.240. The SMILES string of the molecule is CC(C)C(=O)O.CCCCCCl. The quantitative estimate of drug-likeness (QED) is 0.552. The fourth-order valence-electron chi connectivity index (χ4n) is 0.344. The lowest BCUT2D eigenvalue weighted by molar-refractivity contribution is -0.140. The monoisotopic (exact) mass is 194 g/mol. The Morgan fingerprint density at radius 2 is 1.83 bits per heavy atom. The molecule has 0 radical (unpaired) electrons. The standard InChI is InChI=1S/C5H11Cl.C4H8O2/c1-2-3-4-5-6;1-3(2)4(5)6/h2-5H2,1H3;3H,1-2H3,(H,5,6). The number of alkyl halides is 1. The molecular weight excluding hydrogens is 176 g/mol. The van der Waals surface area contributed by atoms with Crippen molar-refractivity contribution in [1.29, 1.82) is 0 Å². The number of halogens is 1. The lowest BCUT2D eigenvalue weighted by Crippen LogP contribution is -2.03. The van der Waals surface area contributed by atoms with Crippen LogP contribution in [0.1, 0.15) is 40.0 Å². The van der Waals surface area contributed by atoms with Crippen molar-refractivity contribution in [2.75, 3.05) is 5.88 Å². The molecule has 0 rings (SSSR count). The molecule has 0 saturated carbocycles. The van der Waals surface area contributed by atoms with Crippen LogP contribution in [0.2, 0.25) is 0 Å². The second-order valence-corrected chi connectivity index (χ2v) is 3.27. The highest BCUT2D eigenvalue weighted by Crippen LogP contribution is 1.93. The molecule has 0 heterocycles. The highest BCUT2D eigenvalue weighted by atomic mass is 35.5. The Morgan fingerprint density at radius 1 is 1.42 bits per heavy atom. The second kappa shape index (κ2) is 10.8. The Bertz CT molecular complexity index is 98.7. The fourth-order valence-corrected chi connectivity index (χ4v) is 0.533. The molecule has 0 atom stereocenters. The van der Waals surface area contributed by atoms with Crippen LogP contribution in [0.3, 0.4) is 0 Å². The van der Waals surface area contributed by atoms with Gasteiger partial charge < -0.3 is 5.11 Å². The Kier molecular flexibility index (Phi) is 12.8. The summed E-state index contributed by atoms with van der Waals surface area (Å²) in [7, 11) is 0. The largest absolute Gasteiger partial charge is 0.481 e. The maximum Gasteiger partial charge on any atom is 0.305 e. The minimum atomic E-state index is -0.741. The molecule has 0 spiro atoms. The Balaban J connectivity index is 0. The van der Waals surface area contributed by atoms with Gasteiger partial charge in [0.15, 0.2) is 0 Å². The van der Waals surface area contributed by atoms with Crippen molar-refractivity contribution in [3.8, 4) is 0 Å². The summed E-state index contributed by atoms with van der Waals surface area (Å²) in [6.07, 6.45) is 3.73. The number of hydrogen-bond acceptors (Lipinski definition) is 1. The van der Waals surface area contributed by atoms with Crippen LogP contribution in [-0.2, 0) is 4.79 Å². The zero-order chi connectivity index (χ0) is 9.98. The zero-order valence-corrected chi connectivity index (χ0v) is 8.90. The third-order valence-corrected chi connectivity index (χ3v) is 1.50. The van der Waals surface area contributed by atoms with E-state index in [9.17, 15) is 4.79 Å². The Morgan fingerprint density at radius 3 is 1.92 bits per heavy atom. The molecule has 0 unspecified atom stereocenters. The molecule has 3 heteroatoms. The average Bonchev–Trinajstić information content (AvgIpc) is 2.02. The third-order valence-electron chi connectivity index (χ3n) is 1.23. The molecule has 0 aliphatic heterocycles. The van der Waals surface area contributed by atoms with Gasteiger partial charge >= 0.3 is 5.97 Å². The number of aliphatic carboxylic acids is 1. The normalized spacial score (nSPS) is 9.08. The van der Waals surface area contributed by atoms with Gasteiger partial charge in [0.1, 0.15) is 0 Å². The molecule has 1 N–H and O–H groups in total. The van der Waals surface area contributed by atoms with E-state index in [4.69, 9.17) is 16.7 Å². The number of carbonyl (C=O) groups is 1. The van der Waals surface area contributed by atoms with Gasteiger partial charge in [-0.05, 0) is 6.42 Å². The summed E-state index contributed by atoms with van der Waals surface area (Å²) in [5.41, 5.74) is 0. The molecule has 0 aliphatic rings. The maximum atomic E-state index is 9.70. The predicted molar refractivity (Wildman–Crippen MR) is 52.7 cm³/mol. The first kappa shape index (κ1) is 14.3. The van der Waals surface area contributed by atoms with Gasteiger partial charge in [0.05, 0.1) is 5.92 Å². The van der Waals surface area contributed by atoms with E-state index in [-0.39, 0.29) is 5.92 Å².